The molecule has 1 aromatic heterocycles. The summed E-state index contributed by atoms with van der Waals surface area (Å²) in [5, 5.41) is 12.4. The number of pyridine rings is 1. The lowest BCUT2D eigenvalue weighted by Gasteiger charge is -2.32. The smallest absolute Gasteiger partial charge is 0.256 e. The van der Waals surface area contributed by atoms with Crippen molar-refractivity contribution in [3.63, 3.8) is 0 Å². The van der Waals surface area contributed by atoms with Crippen LogP contribution in [-0.4, -0.2) is 65.1 Å². The number of halogens is 1. The molecule has 4 heterocycles. The minimum Gasteiger partial charge on any atom is -0.507 e. The van der Waals surface area contributed by atoms with Crippen LogP contribution in [-0.2, 0) is 17.8 Å². The maximum atomic E-state index is 13.6. The van der Waals surface area contributed by atoms with Crippen LogP contribution >= 0.6 is 11.6 Å². The van der Waals surface area contributed by atoms with Gasteiger partial charge in [-0.05, 0) is 48.4 Å². The van der Waals surface area contributed by atoms with Crippen LogP contribution in [0.3, 0.4) is 0 Å². The number of phenolic OH excluding ortho intramolecular Hbond substituents is 1. The minimum atomic E-state index is -0.129. The molecule has 1 N–H and O–H groups in total. The Hall–Kier alpha value is -4.63. The van der Waals surface area contributed by atoms with Crippen LogP contribution in [0.15, 0.2) is 65.7 Å². The summed E-state index contributed by atoms with van der Waals surface area (Å²) in [7, 11) is 1.54. The molecule has 0 radical (unpaired) electrons. The summed E-state index contributed by atoms with van der Waals surface area (Å²) in [6.07, 6.45) is 4.91. The van der Waals surface area contributed by atoms with E-state index in [1.807, 2.05) is 53.6 Å². The molecule has 230 valence electrons. The van der Waals surface area contributed by atoms with Crippen molar-refractivity contribution in [1.29, 1.82) is 0 Å². The zero-order valence-corrected chi connectivity index (χ0v) is 25.7. The molecule has 0 saturated carbocycles. The second kappa shape index (κ2) is 12.0. The SMILES string of the molecule is COc1cc2c(cc1OCc1cccc(CC(=O)N3C[C@@H](CCl)c4c3cc(O)c3ccccc43)n1)N=C[C@@H]1CCCCN1C2=O. The van der Waals surface area contributed by atoms with E-state index in [4.69, 9.17) is 26.1 Å². The number of amides is 2. The van der Waals surface area contributed by atoms with E-state index in [1.165, 1.54) is 0 Å². The standard InChI is InChI=1S/C35H33ClN4O5/c1-44-31-14-27-28(37-18-24-9-4-5-12-39(24)35(27)43)15-32(31)45-20-23-8-6-7-22(38-23)13-33(42)40-19-21(17-36)34-26-11-3-2-10-25(26)30(41)16-29(34)40/h2-3,6-8,10-11,14-16,18,21,24,41H,4-5,9,12-13,17,19-20H2,1H3/t21-,24+/m1/s1. The van der Waals surface area contributed by atoms with Gasteiger partial charge in [0.1, 0.15) is 12.4 Å². The molecule has 0 bridgehead atoms. The molecule has 0 spiro atoms. The third kappa shape index (κ3) is 5.35. The number of aliphatic imine (C=N–C) groups is 1. The summed E-state index contributed by atoms with van der Waals surface area (Å²) in [6, 6.07) is 18.2. The van der Waals surface area contributed by atoms with Crippen molar-refractivity contribution < 1.29 is 24.2 Å². The number of anilines is 1. The number of rotatable bonds is 7. The van der Waals surface area contributed by atoms with Gasteiger partial charge in [-0.3, -0.25) is 19.6 Å². The molecule has 1 fully saturated rings. The zero-order valence-electron chi connectivity index (χ0n) is 24.9. The molecule has 0 aliphatic carbocycles. The van der Waals surface area contributed by atoms with Crippen molar-refractivity contribution in [2.75, 3.05) is 31.0 Å². The predicted octanol–water partition coefficient (Wildman–Crippen LogP) is 6.15. The Balaban J connectivity index is 1.09. The Morgan fingerprint density at radius 3 is 2.69 bits per heavy atom. The Bertz CT molecular complexity index is 1840. The molecule has 3 aliphatic heterocycles. The van der Waals surface area contributed by atoms with E-state index < -0.39 is 0 Å². The van der Waals surface area contributed by atoms with Crippen LogP contribution in [0.4, 0.5) is 11.4 Å². The number of aromatic nitrogens is 1. The Morgan fingerprint density at radius 2 is 1.87 bits per heavy atom. The van der Waals surface area contributed by atoms with Crippen LogP contribution in [0, 0.1) is 0 Å². The van der Waals surface area contributed by atoms with Crippen LogP contribution in [0.25, 0.3) is 10.8 Å². The first-order chi connectivity index (χ1) is 21.9. The molecule has 7 rings (SSSR count). The van der Waals surface area contributed by atoms with Gasteiger partial charge < -0.3 is 24.4 Å². The summed E-state index contributed by atoms with van der Waals surface area (Å²) in [5.41, 5.74) is 3.96. The molecular weight excluding hydrogens is 592 g/mol. The lowest BCUT2D eigenvalue weighted by Crippen LogP contribution is -2.43. The van der Waals surface area contributed by atoms with Gasteiger partial charge in [0.05, 0.1) is 47.9 Å². The number of alkyl halides is 1. The number of carbonyl (C=O) groups is 2. The highest BCUT2D eigenvalue weighted by Crippen LogP contribution is 2.45. The monoisotopic (exact) mass is 624 g/mol. The highest BCUT2D eigenvalue weighted by Gasteiger charge is 2.35. The Morgan fingerprint density at radius 1 is 1.04 bits per heavy atom. The second-order valence-corrected chi connectivity index (χ2v) is 12.0. The first-order valence-corrected chi connectivity index (χ1v) is 15.7. The number of phenols is 1. The van der Waals surface area contributed by atoms with Gasteiger partial charge in [0.2, 0.25) is 5.91 Å². The average Bonchev–Trinajstić information content (AvgIpc) is 3.38. The largest absolute Gasteiger partial charge is 0.507 e. The molecular formula is C35H33ClN4O5. The van der Waals surface area contributed by atoms with E-state index in [-0.39, 0.29) is 42.6 Å². The summed E-state index contributed by atoms with van der Waals surface area (Å²) in [4.78, 5) is 39.9. The summed E-state index contributed by atoms with van der Waals surface area (Å²) in [6.45, 7) is 1.29. The first kappa shape index (κ1) is 29.1. The number of methoxy groups -OCH3 is 1. The fraction of sp³-hybridized carbons (Fsp3) is 0.314. The van der Waals surface area contributed by atoms with Gasteiger partial charge in [0, 0.05) is 48.6 Å². The number of piperidine rings is 1. The van der Waals surface area contributed by atoms with E-state index in [1.54, 1.807) is 30.2 Å². The molecule has 2 amide bonds. The van der Waals surface area contributed by atoms with E-state index in [0.29, 0.717) is 52.2 Å². The van der Waals surface area contributed by atoms with E-state index in [0.717, 1.165) is 42.1 Å². The van der Waals surface area contributed by atoms with Gasteiger partial charge in [0.25, 0.3) is 5.91 Å². The highest BCUT2D eigenvalue weighted by atomic mass is 35.5. The van der Waals surface area contributed by atoms with Crippen molar-refractivity contribution in [1.82, 2.24) is 9.88 Å². The summed E-state index contributed by atoms with van der Waals surface area (Å²) < 4.78 is 11.7. The number of hydrogen-bond donors (Lipinski definition) is 1. The summed E-state index contributed by atoms with van der Waals surface area (Å²) in [5.74, 6) is 1.18. The van der Waals surface area contributed by atoms with Gasteiger partial charge in [-0.25, -0.2) is 0 Å². The topological polar surface area (TPSA) is 105 Å². The van der Waals surface area contributed by atoms with Crippen LogP contribution in [0.5, 0.6) is 17.2 Å². The van der Waals surface area contributed by atoms with Gasteiger partial charge in [-0.2, -0.15) is 0 Å². The van der Waals surface area contributed by atoms with Crippen LogP contribution in [0.1, 0.15) is 52.5 Å². The quantitative estimate of drug-likeness (QED) is 0.247. The Labute approximate surface area is 266 Å². The first-order valence-electron chi connectivity index (χ1n) is 15.2. The second-order valence-electron chi connectivity index (χ2n) is 11.7. The number of hydrogen-bond acceptors (Lipinski definition) is 7. The average molecular weight is 625 g/mol. The normalized spacial score (nSPS) is 18.8. The third-order valence-corrected chi connectivity index (χ3v) is 9.28. The maximum absolute atomic E-state index is 13.6. The van der Waals surface area contributed by atoms with Crippen molar-refractivity contribution in [3.8, 4) is 17.2 Å². The molecule has 10 heteroatoms. The maximum Gasteiger partial charge on any atom is 0.256 e. The van der Waals surface area contributed by atoms with Crippen LogP contribution < -0.4 is 14.4 Å². The highest BCUT2D eigenvalue weighted by molar-refractivity contribution is 6.19. The molecule has 45 heavy (non-hydrogen) atoms. The van der Waals surface area contributed by atoms with Gasteiger partial charge >= 0.3 is 0 Å². The fourth-order valence-corrected chi connectivity index (χ4v) is 6.94. The van der Waals surface area contributed by atoms with Crippen molar-refractivity contribution >= 4 is 51.8 Å². The van der Waals surface area contributed by atoms with Gasteiger partial charge in [-0.1, -0.05) is 30.3 Å². The van der Waals surface area contributed by atoms with Crippen LogP contribution in [0.2, 0.25) is 0 Å². The molecule has 9 nitrogen and oxygen atoms in total. The lowest BCUT2D eigenvalue weighted by molar-refractivity contribution is -0.118. The number of aromatic hydroxyl groups is 1. The number of benzene rings is 3. The predicted molar refractivity (Wildman–Crippen MR) is 174 cm³/mol. The van der Waals surface area contributed by atoms with E-state index in [9.17, 15) is 14.7 Å². The lowest BCUT2D eigenvalue weighted by atomic mass is 9.95. The molecule has 4 aromatic rings. The molecule has 2 atom stereocenters. The van der Waals surface area contributed by atoms with E-state index in [2.05, 4.69) is 4.99 Å². The number of fused-ring (bicyclic) bond motifs is 5. The molecule has 3 aliphatic rings. The zero-order chi connectivity index (χ0) is 31.1. The minimum absolute atomic E-state index is 0.00330. The molecule has 0 unspecified atom stereocenters. The van der Waals surface area contributed by atoms with Crippen molar-refractivity contribution in [3.05, 3.63) is 83.2 Å². The number of nitrogens with zero attached hydrogens (tertiary/aromatic N) is 4. The Kier molecular flexibility index (Phi) is 7.79. The molecule has 3 aromatic carbocycles. The van der Waals surface area contributed by atoms with Crippen molar-refractivity contribution in [2.24, 2.45) is 4.99 Å². The number of carbonyl (C=O) groups excluding carboxylic acids is 2. The van der Waals surface area contributed by atoms with Gasteiger partial charge in [-0.15, -0.1) is 11.6 Å². The molecule has 1 saturated heterocycles. The number of ether oxygens (including phenoxy) is 2. The van der Waals surface area contributed by atoms with Crippen molar-refractivity contribution in [2.45, 2.75) is 44.2 Å². The fourth-order valence-electron chi connectivity index (χ4n) is 6.68. The van der Waals surface area contributed by atoms with E-state index >= 15 is 0 Å². The summed E-state index contributed by atoms with van der Waals surface area (Å²) >= 11 is 6.35. The van der Waals surface area contributed by atoms with Gasteiger partial charge in [0.15, 0.2) is 11.5 Å². The third-order valence-electron chi connectivity index (χ3n) is 8.91.